The van der Waals surface area contributed by atoms with E-state index in [1.807, 2.05) is 0 Å². The highest BCUT2D eigenvalue weighted by Crippen LogP contribution is 2.67. The average Bonchev–Trinajstić information content (AvgIpc) is 3.09. The number of esters is 1. The van der Waals surface area contributed by atoms with Gasteiger partial charge in [-0.2, -0.15) is 0 Å². The van der Waals surface area contributed by atoms with E-state index in [1.54, 1.807) is 0 Å². The minimum atomic E-state index is -0.144. The molecule has 5 aliphatic carbocycles. The summed E-state index contributed by atoms with van der Waals surface area (Å²) in [6.45, 7) is 7.03. The molecule has 4 heteroatoms. The second-order valence-corrected chi connectivity index (χ2v) is 13.1. The summed E-state index contributed by atoms with van der Waals surface area (Å²) >= 11 is 0. The van der Waals surface area contributed by atoms with E-state index < -0.39 is 0 Å². The second-order valence-electron chi connectivity index (χ2n) is 13.1. The van der Waals surface area contributed by atoms with Crippen molar-refractivity contribution in [3.63, 3.8) is 0 Å². The summed E-state index contributed by atoms with van der Waals surface area (Å²) in [5, 5.41) is 10.8. The SMILES string of the molecule is CC1CCCCC1OC(=O)CCC1CC(=O)CC2CC[C@@H]3[C@H](CC[C@]4(C)[C@@H](O)CC[C@@H]34)[C@@]12C. The largest absolute Gasteiger partial charge is 0.462 e. The molecular weight excluding hydrogens is 412 g/mol. The number of aliphatic hydroxyl groups is 1. The Morgan fingerprint density at radius 3 is 2.58 bits per heavy atom. The first-order valence-electron chi connectivity index (χ1n) is 14.1. The maximum atomic E-state index is 12.8. The minimum absolute atomic E-state index is 0.0468. The average molecular weight is 459 g/mol. The molecule has 33 heavy (non-hydrogen) atoms. The zero-order valence-corrected chi connectivity index (χ0v) is 21.2. The van der Waals surface area contributed by atoms with Gasteiger partial charge in [0.15, 0.2) is 0 Å². The van der Waals surface area contributed by atoms with Gasteiger partial charge in [-0.05, 0) is 111 Å². The fourth-order valence-electron chi connectivity index (χ4n) is 9.64. The molecular formula is C29H46O4. The van der Waals surface area contributed by atoms with E-state index in [-0.39, 0.29) is 29.0 Å². The maximum Gasteiger partial charge on any atom is 0.306 e. The van der Waals surface area contributed by atoms with E-state index in [0.717, 1.165) is 57.8 Å². The number of aliphatic hydroxyl groups excluding tert-OH is 1. The van der Waals surface area contributed by atoms with Crippen LogP contribution in [-0.2, 0) is 14.3 Å². The van der Waals surface area contributed by atoms with Gasteiger partial charge in [-0.3, -0.25) is 9.59 Å². The van der Waals surface area contributed by atoms with Crippen LogP contribution in [0, 0.1) is 46.3 Å². The number of carbonyl (C=O) groups excluding carboxylic acids is 2. The molecule has 0 aromatic carbocycles. The quantitative estimate of drug-likeness (QED) is 0.518. The summed E-state index contributed by atoms with van der Waals surface area (Å²) in [4.78, 5) is 25.6. The fraction of sp³-hybridized carbons (Fsp3) is 0.931. The van der Waals surface area contributed by atoms with Crippen LogP contribution < -0.4 is 0 Å². The van der Waals surface area contributed by atoms with E-state index in [0.29, 0.717) is 54.1 Å². The highest BCUT2D eigenvalue weighted by Gasteiger charge is 2.62. The van der Waals surface area contributed by atoms with Crippen molar-refractivity contribution >= 4 is 11.8 Å². The van der Waals surface area contributed by atoms with Crippen LogP contribution in [0.1, 0.15) is 111 Å². The van der Waals surface area contributed by atoms with Crippen LogP contribution in [0.15, 0.2) is 0 Å². The molecule has 10 atom stereocenters. The van der Waals surface area contributed by atoms with Gasteiger partial charge in [-0.1, -0.05) is 27.2 Å². The van der Waals surface area contributed by atoms with E-state index in [9.17, 15) is 14.7 Å². The van der Waals surface area contributed by atoms with Crippen LogP contribution >= 0.6 is 0 Å². The number of hydrogen-bond donors (Lipinski definition) is 1. The molecule has 5 aliphatic rings. The monoisotopic (exact) mass is 458 g/mol. The van der Waals surface area contributed by atoms with Crippen LogP contribution in [-0.4, -0.2) is 29.1 Å². The van der Waals surface area contributed by atoms with Gasteiger partial charge in [0.1, 0.15) is 11.9 Å². The van der Waals surface area contributed by atoms with Crippen molar-refractivity contribution in [3.05, 3.63) is 0 Å². The molecule has 0 aromatic rings. The zero-order valence-electron chi connectivity index (χ0n) is 21.2. The molecule has 0 bridgehead atoms. The third kappa shape index (κ3) is 4.00. The second kappa shape index (κ2) is 8.95. The van der Waals surface area contributed by atoms with Gasteiger partial charge in [-0.25, -0.2) is 0 Å². The van der Waals surface area contributed by atoms with Crippen molar-refractivity contribution in [1.82, 2.24) is 0 Å². The van der Waals surface area contributed by atoms with Gasteiger partial charge in [-0.15, -0.1) is 0 Å². The normalized spacial score (nSPS) is 49.6. The Hall–Kier alpha value is -0.900. The van der Waals surface area contributed by atoms with Crippen LogP contribution in [0.25, 0.3) is 0 Å². The minimum Gasteiger partial charge on any atom is -0.462 e. The topological polar surface area (TPSA) is 63.6 Å². The molecule has 5 fully saturated rings. The third-order valence-electron chi connectivity index (χ3n) is 11.8. The highest BCUT2D eigenvalue weighted by atomic mass is 16.5. The van der Waals surface area contributed by atoms with Gasteiger partial charge in [0.2, 0.25) is 0 Å². The molecule has 0 aliphatic heterocycles. The van der Waals surface area contributed by atoms with Gasteiger partial charge >= 0.3 is 5.97 Å². The summed E-state index contributed by atoms with van der Waals surface area (Å²) in [6.07, 6.45) is 13.9. The number of hydrogen-bond acceptors (Lipinski definition) is 4. The number of carbonyl (C=O) groups is 2. The molecule has 5 saturated carbocycles. The molecule has 0 amide bonds. The number of Topliss-reactive ketones (excluding diaryl/α,β-unsaturated/α-hetero) is 1. The Bertz CT molecular complexity index is 763. The lowest BCUT2D eigenvalue weighted by Crippen LogP contribution is -2.57. The summed E-state index contributed by atoms with van der Waals surface area (Å²) in [6, 6.07) is 0. The van der Waals surface area contributed by atoms with Gasteiger partial charge in [0.25, 0.3) is 0 Å². The molecule has 5 rings (SSSR count). The van der Waals surface area contributed by atoms with Crippen molar-refractivity contribution in [2.45, 2.75) is 123 Å². The fourth-order valence-corrected chi connectivity index (χ4v) is 9.64. The Labute approximate surface area is 200 Å². The van der Waals surface area contributed by atoms with E-state index >= 15 is 0 Å². The van der Waals surface area contributed by atoms with Crippen LogP contribution in [0.4, 0.5) is 0 Å². The van der Waals surface area contributed by atoms with Crippen molar-refractivity contribution in [1.29, 1.82) is 0 Å². The summed E-state index contributed by atoms with van der Waals surface area (Å²) < 4.78 is 5.93. The third-order valence-corrected chi connectivity index (χ3v) is 11.8. The lowest BCUT2D eigenvalue weighted by atomic mass is 9.42. The van der Waals surface area contributed by atoms with E-state index in [1.165, 1.54) is 19.3 Å². The molecule has 0 radical (unpaired) electrons. The zero-order chi connectivity index (χ0) is 23.4. The highest BCUT2D eigenvalue weighted by molar-refractivity contribution is 5.80. The van der Waals surface area contributed by atoms with E-state index in [2.05, 4.69) is 20.8 Å². The molecule has 4 nitrogen and oxygen atoms in total. The molecule has 0 aromatic heterocycles. The first-order chi connectivity index (χ1) is 15.7. The summed E-state index contributed by atoms with van der Waals surface area (Å²) in [5.41, 5.74) is 0.231. The number of rotatable bonds is 4. The smallest absolute Gasteiger partial charge is 0.306 e. The standard InChI is InChI=1S/C29H46O4/c1-18-6-4-5-7-25(18)33-27(32)13-9-20-17-21(30)16-19-8-10-22-23-11-12-26(31)28(23,2)15-14-24(22)29(19,20)3/h18-20,22-26,31H,4-17H2,1-3H3/t18?,19?,20?,22-,23-,24-,25?,26-,28-,29+/m0/s1. The molecule has 0 heterocycles. The summed E-state index contributed by atoms with van der Waals surface area (Å²) in [5.74, 6) is 3.53. The first kappa shape index (κ1) is 23.8. The van der Waals surface area contributed by atoms with Crippen molar-refractivity contribution < 1.29 is 19.4 Å². The molecule has 4 unspecified atom stereocenters. The molecule has 1 N–H and O–H groups in total. The summed E-state index contributed by atoms with van der Waals surface area (Å²) in [7, 11) is 0. The van der Waals surface area contributed by atoms with E-state index in [4.69, 9.17) is 4.74 Å². The lowest BCUT2D eigenvalue weighted by molar-refractivity contribution is -0.163. The first-order valence-corrected chi connectivity index (χ1v) is 14.1. The van der Waals surface area contributed by atoms with Crippen LogP contribution in [0.2, 0.25) is 0 Å². The Balaban J connectivity index is 1.30. The number of fused-ring (bicyclic) bond motifs is 5. The lowest BCUT2D eigenvalue weighted by Gasteiger charge is -2.62. The van der Waals surface area contributed by atoms with Gasteiger partial charge < -0.3 is 9.84 Å². The molecule has 0 saturated heterocycles. The van der Waals surface area contributed by atoms with Crippen molar-refractivity contribution in [2.75, 3.05) is 0 Å². The van der Waals surface area contributed by atoms with Gasteiger partial charge in [0, 0.05) is 19.3 Å². The maximum absolute atomic E-state index is 12.8. The van der Waals surface area contributed by atoms with Crippen molar-refractivity contribution in [3.8, 4) is 0 Å². The molecule has 186 valence electrons. The Kier molecular flexibility index (Phi) is 6.46. The van der Waals surface area contributed by atoms with Gasteiger partial charge in [0.05, 0.1) is 6.10 Å². The predicted octanol–water partition coefficient (Wildman–Crippen LogP) is 6.09. The Morgan fingerprint density at radius 1 is 1.00 bits per heavy atom. The number of ketones is 1. The molecule has 0 spiro atoms. The van der Waals surface area contributed by atoms with Crippen molar-refractivity contribution in [2.24, 2.45) is 46.3 Å². The Morgan fingerprint density at radius 2 is 1.79 bits per heavy atom. The predicted molar refractivity (Wildman–Crippen MR) is 128 cm³/mol. The number of ether oxygens (including phenoxy) is 1. The van der Waals surface area contributed by atoms with Crippen LogP contribution in [0.5, 0.6) is 0 Å². The van der Waals surface area contributed by atoms with Crippen LogP contribution in [0.3, 0.4) is 0 Å².